The van der Waals surface area contributed by atoms with E-state index in [0.717, 1.165) is 57.1 Å². The largest absolute Gasteiger partial charge is 0.271 e. The lowest BCUT2D eigenvalue weighted by Crippen LogP contribution is -2.40. The fourth-order valence-corrected chi connectivity index (χ4v) is 7.41. The minimum atomic E-state index is -0.0634. The molecule has 3 nitrogen and oxygen atoms in total. The van der Waals surface area contributed by atoms with Crippen LogP contribution in [0.25, 0.3) is 0 Å². The van der Waals surface area contributed by atoms with Crippen molar-refractivity contribution in [3.8, 4) is 0 Å². The SMILES string of the molecule is CCCCCC(CCCCC)N1C(=O)c2c(I)sc(I)c2C1=O. The molecule has 23 heavy (non-hydrogen) atoms. The lowest BCUT2D eigenvalue weighted by Gasteiger charge is -2.26. The summed E-state index contributed by atoms with van der Waals surface area (Å²) in [5, 5.41) is 0. The number of carbonyl (C=O) groups excluding carboxylic acids is 2. The third-order valence-corrected chi connectivity index (χ3v) is 7.50. The molecule has 0 aromatic carbocycles. The lowest BCUT2D eigenvalue weighted by molar-refractivity contribution is 0.0562. The molecule has 2 amide bonds. The molecule has 1 aromatic rings. The van der Waals surface area contributed by atoms with E-state index in [4.69, 9.17) is 0 Å². The predicted octanol–water partition coefficient (Wildman–Crippen LogP) is 6.08. The molecule has 0 fully saturated rings. The summed E-state index contributed by atoms with van der Waals surface area (Å²) in [6, 6.07) is 0.0668. The van der Waals surface area contributed by atoms with E-state index < -0.39 is 0 Å². The summed E-state index contributed by atoms with van der Waals surface area (Å²) in [6.45, 7) is 4.36. The molecule has 0 atom stereocenters. The second-order valence-electron chi connectivity index (χ2n) is 6.03. The van der Waals surface area contributed by atoms with Crippen molar-refractivity contribution in [2.75, 3.05) is 0 Å². The van der Waals surface area contributed by atoms with Gasteiger partial charge >= 0.3 is 0 Å². The molecule has 0 N–H and O–H groups in total. The number of thiophene rings is 1. The van der Waals surface area contributed by atoms with E-state index >= 15 is 0 Å². The zero-order chi connectivity index (χ0) is 17.0. The smallest absolute Gasteiger partial charge is 0.263 e. The van der Waals surface area contributed by atoms with Crippen LogP contribution in [0.1, 0.15) is 85.9 Å². The van der Waals surface area contributed by atoms with Crippen molar-refractivity contribution >= 4 is 68.3 Å². The molecule has 2 heterocycles. The number of halogens is 2. The lowest BCUT2D eigenvalue weighted by atomic mass is 10.0. The maximum absolute atomic E-state index is 12.9. The first-order valence-electron chi connectivity index (χ1n) is 8.38. The number of carbonyl (C=O) groups is 2. The Morgan fingerprint density at radius 3 is 1.70 bits per heavy atom. The molecule has 0 spiro atoms. The number of rotatable bonds is 9. The molecule has 0 saturated heterocycles. The van der Waals surface area contributed by atoms with Crippen molar-refractivity contribution in [3.05, 3.63) is 16.9 Å². The van der Waals surface area contributed by atoms with Gasteiger partial charge in [0.1, 0.15) is 0 Å². The molecule has 0 radical (unpaired) electrons. The van der Waals surface area contributed by atoms with Gasteiger partial charge in [0.25, 0.3) is 11.8 Å². The van der Waals surface area contributed by atoms with Crippen molar-refractivity contribution in [2.45, 2.75) is 71.3 Å². The molecule has 1 aliphatic heterocycles. The Balaban J connectivity index is 2.19. The van der Waals surface area contributed by atoms with Crippen LogP contribution in [-0.2, 0) is 0 Å². The highest BCUT2D eigenvalue weighted by Gasteiger charge is 2.43. The summed E-state index contributed by atoms with van der Waals surface area (Å²) in [4.78, 5) is 27.3. The van der Waals surface area contributed by atoms with Gasteiger partial charge in [-0.25, -0.2) is 0 Å². The van der Waals surface area contributed by atoms with Gasteiger partial charge in [0.2, 0.25) is 0 Å². The van der Waals surface area contributed by atoms with Crippen LogP contribution in [-0.4, -0.2) is 22.8 Å². The molecular weight excluding hydrogens is 536 g/mol. The first-order chi connectivity index (χ1) is 11.0. The van der Waals surface area contributed by atoms with Crippen molar-refractivity contribution in [3.63, 3.8) is 0 Å². The van der Waals surface area contributed by atoms with Crippen LogP contribution < -0.4 is 0 Å². The van der Waals surface area contributed by atoms with E-state index in [-0.39, 0.29) is 17.9 Å². The van der Waals surface area contributed by atoms with E-state index in [1.165, 1.54) is 0 Å². The number of imide groups is 1. The Bertz CT molecular complexity index is 539. The monoisotopic (exact) mass is 559 g/mol. The summed E-state index contributed by atoms with van der Waals surface area (Å²) >= 11 is 5.92. The number of amides is 2. The summed E-state index contributed by atoms with van der Waals surface area (Å²) in [5.41, 5.74) is 1.31. The molecular formula is C17H23I2NO2S. The third kappa shape index (κ3) is 4.29. The predicted molar refractivity (Wildman–Crippen MR) is 112 cm³/mol. The number of unbranched alkanes of at least 4 members (excludes halogenated alkanes) is 4. The molecule has 128 valence electrons. The molecule has 0 bridgehead atoms. The van der Waals surface area contributed by atoms with Gasteiger partial charge in [-0.15, -0.1) is 11.3 Å². The molecule has 1 aromatic heterocycles. The maximum atomic E-state index is 12.9. The van der Waals surface area contributed by atoms with Gasteiger partial charge in [-0.1, -0.05) is 52.4 Å². The van der Waals surface area contributed by atoms with Crippen LogP contribution >= 0.6 is 56.5 Å². The van der Waals surface area contributed by atoms with Crippen LogP contribution in [0, 0.1) is 5.77 Å². The van der Waals surface area contributed by atoms with Crippen LogP contribution in [0.15, 0.2) is 0 Å². The van der Waals surface area contributed by atoms with E-state index in [0.29, 0.717) is 11.1 Å². The van der Waals surface area contributed by atoms with Gasteiger partial charge in [-0.05, 0) is 58.0 Å². The fraction of sp³-hybridized carbons (Fsp3) is 0.647. The highest BCUT2D eigenvalue weighted by molar-refractivity contribution is 14.1. The topological polar surface area (TPSA) is 37.4 Å². The van der Waals surface area contributed by atoms with Crippen molar-refractivity contribution in [1.29, 1.82) is 0 Å². The Labute approximate surface area is 169 Å². The molecule has 1 aliphatic rings. The Morgan fingerprint density at radius 2 is 1.30 bits per heavy atom. The first kappa shape index (κ1) is 19.6. The average molecular weight is 559 g/mol. The van der Waals surface area contributed by atoms with E-state index in [9.17, 15) is 9.59 Å². The normalized spacial score (nSPS) is 14.2. The summed E-state index contributed by atoms with van der Waals surface area (Å²) in [5.74, 6) is -0.127. The zero-order valence-corrected chi connectivity index (χ0v) is 18.8. The second kappa shape index (κ2) is 9.12. The Kier molecular flexibility index (Phi) is 7.78. The standard InChI is InChI=1S/C17H23I2NO2S/c1-3-5-7-9-11(10-8-6-4-2)20-16(21)12-13(17(20)22)15(19)23-14(12)18/h11H,3-10H2,1-2H3. The van der Waals surface area contributed by atoms with Gasteiger partial charge in [-0.3, -0.25) is 14.5 Å². The number of hydrogen-bond acceptors (Lipinski definition) is 3. The number of fused-ring (bicyclic) bond motifs is 1. The third-order valence-electron chi connectivity index (χ3n) is 4.33. The number of hydrogen-bond donors (Lipinski definition) is 0. The molecule has 0 aliphatic carbocycles. The van der Waals surface area contributed by atoms with Crippen LogP contribution in [0.3, 0.4) is 0 Å². The minimum absolute atomic E-state index is 0.0634. The van der Waals surface area contributed by atoms with Gasteiger partial charge < -0.3 is 0 Å². The van der Waals surface area contributed by atoms with Crippen molar-refractivity contribution in [2.24, 2.45) is 0 Å². The summed E-state index contributed by atoms with van der Waals surface area (Å²) in [6.07, 6.45) is 8.70. The van der Waals surface area contributed by atoms with Crippen molar-refractivity contribution < 1.29 is 9.59 Å². The first-order valence-corrected chi connectivity index (χ1v) is 11.4. The maximum Gasteiger partial charge on any atom is 0.263 e. The van der Waals surface area contributed by atoms with E-state index in [1.54, 1.807) is 16.2 Å². The van der Waals surface area contributed by atoms with Crippen LogP contribution in [0.2, 0.25) is 0 Å². The Morgan fingerprint density at radius 1 is 0.870 bits per heavy atom. The number of nitrogens with zero attached hydrogens (tertiary/aromatic N) is 1. The second-order valence-corrected chi connectivity index (χ2v) is 10.7. The zero-order valence-electron chi connectivity index (χ0n) is 13.7. The van der Waals surface area contributed by atoms with Gasteiger partial charge in [-0.2, -0.15) is 0 Å². The summed E-state index contributed by atoms with van der Waals surface area (Å²) in [7, 11) is 0. The molecule has 0 saturated carbocycles. The quantitative estimate of drug-likeness (QED) is 0.209. The van der Waals surface area contributed by atoms with E-state index in [1.807, 2.05) is 0 Å². The van der Waals surface area contributed by atoms with E-state index in [2.05, 4.69) is 59.0 Å². The van der Waals surface area contributed by atoms with Crippen LogP contribution in [0.5, 0.6) is 0 Å². The van der Waals surface area contributed by atoms with Crippen LogP contribution in [0.4, 0.5) is 0 Å². The molecule has 2 rings (SSSR count). The summed E-state index contributed by atoms with van der Waals surface area (Å²) < 4.78 is 1.90. The fourth-order valence-electron chi connectivity index (χ4n) is 3.09. The minimum Gasteiger partial charge on any atom is -0.271 e. The van der Waals surface area contributed by atoms with Crippen molar-refractivity contribution in [1.82, 2.24) is 4.90 Å². The molecule has 6 heteroatoms. The van der Waals surface area contributed by atoms with Gasteiger partial charge in [0, 0.05) is 6.04 Å². The average Bonchev–Trinajstić information content (AvgIpc) is 2.95. The Hall–Kier alpha value is 0.300. The van der Waals surface area contributed by atoms with Gasteiger partial charge in [0.05, 0.1) is 16.9 Å². The molecule has 0 unspecified atom stereocenters. The van der Waals surface area contributed by atoms with Gasteiger partial charge in [0.15, 0.2) is 0 Å². The highest BCUT2D eigenvalue weighted by Crippen LogP contribution is 2.39. The highest BCUT2D eigenvalue weighted by atomic mass is 127.